The number of allylic oxidation sites excluding steroid dienone is 4. The van der Waals surface area contributed by atoms with E-state index >= 15 is 0 Å². The summed E-state index contributed by atoms with van der Waals surface area (Å²) in [6.07, 6.45) is 0. The molecule has 0 aromatic carbocycles. The van der Waals surface area contributed by atoms with Crippen LogP contribution in [0.5, 0.6) is 0 Å². The van der Waals surface area contributed by atoms with Crippen molar-refractivity contribution >= 4 is 63.9 Å². The highest BCUT2D eigenvalue weighted by molar-refractivity contribution is 8.34. The third-order valence-electron chi connectivity index (χ3n) is 2.88. The first-order chi connectivity index (χ1) is 11.2. The minimum atomic E-state index is -1.32. The Morgan fingerprint density at radius 3 is 1.79 bits per heavy atom. The SMILES string of the molecule is CC1=C(C#CC[Si](C)C)S/C(=C2\SC(C)=C(C#C[Si](C)(C)C)S2)S1. The Labute approximate surface area is 167 Å². The van der Waals surface area contributed by atoms with Crippen LogP contribution in [0.3, 0.4) is 0 Å². The van der Waals surface area contributed by atoms with Gasteiger partial charge in [-0.25, -0.2) is 0 Å². The molecule has 2 aliphatic heterocycles. The Bertz CT molecular complexity index is 744. The predicted molar refractivity (Wildman–Crippen MR) is 124 cm³/mol. The van der Waals surface area contributed by atoms with Crippen LogP contribution < -0.4 is 0 Å². The molecule has 0 saturated carbocycles. The molecule has 1 radical (unpaired) electrons. The van der Waals surface area contributed by atoms with Crippen LogP contribution in [-0.2, 0) is 0 Å². The molecule has 24 heavy (non-hydrogen) atoms. The zero-order chi connectivity index (χ0) is 17.9. The van der Waals surface area contributed by atoms with E-state index in [2.05, 4.69) is 69.9 Å². The van der Waals surface area contributed by atoms with Gasteiger partial charge in [0.05, 0.1) is 27.1 Å². The molecular weight excluding hydrogens is 401 g/mol. The summed E-state index contributed by atoms with van der Waals surface area (Å²) in [5.74, 6) is 10.2. The first-order valence-electron chi connectivity index (χ1n) is 7.84. The van der Waals surface area contributed by atoms with Crippen molar-refractivity contribution < 1.29 is 0 Å². The fraction of sp³-hybridized carbons (Fsp3) is 0.444. The molecule has 0 fully saturated rings. The maximum absolute atomic E-state index is 3.49. The molecule has 0 saturated heterocycles. The highest BCUT2D eigenvalue weighted by Gasteiger charge is 2.26. The quantitative estimate of drug-likeness (QED) is 0.323. The predicted octanol–water partition coefficient (Wildman–Crippen LogP) is 7.17. The van der Waals surface area contributed by atoms with Gasteiger partial charge in [0.1, 0.15) is 8.07 Å². The number of hydrogen-bond acceptors (Lipinski definition) is 4. The van der Waals surface area contributed by atoms with E-state index in [-0.39, 0.29) is 8.80 Å². The van der Waals surface area contributed by atoms with Crippen molar-refractivity contribution in [3.05, 3.63) is 28.1 Å². The van der Waals surface area contributed by atoms with Crippen LogP contribution >= 0.6 is 47.0 Å². The normalized spacial score (nSPS) is 21.2. The van der Waals surface area contributed by atoms with Crippen LogP contribution in [0.4, 0.5) is 0 Å². The summed E-state index contributed by atoms with van der Waals surface area (Å²) in [4.78, 5) is 5.17. The second-order valence-corrected chi connectivity index (χ2v) is 19.5. The van der Waals surface area contributed by atoms with Crippen molar-refractivity contribution in [3.63, 3.8) is 0 Å². The Balaban J connectivity index is 2.09. The molecule has 6 heteroatoms. The number of hydrogen-bond donors (Lipinski definition) is 0. The Morgan fingerprint density at radius 1 is 0.833 bits per heavy atom. The molecular formula is C18H23S4Si2. The molecule has 0 unspecified atom stereocenters. The average Bonchev–Trinajstić information content (AvgIpc) is 2.99. The minimum Gasteiger partial charge on any atom is -0.126 e. The van der Waals surface area contributed by atoms with Gasteiger partial charge in [-0.3, -0.25) is 0 Å². The highest BCUT2D eigenvalue weighted by atomic mass is 32.2. The molecule has 0 N–H and O–H groups in total. The second-order valence-electron chi connectivity index (χ2n) is 6.94. The molecule has 0 nitrogen and oxygen atoms in total. The molecule has 0 bridgehead atoms. The molecule has 2 heterocycles. The van der Waals surface area contributed by atoms with Crippen LogP contribution in [0.2, 0.25) is 38.8 Å². The van der Waals surface area contributed by atoms with Gasteiger partial charge in [-0.2, -0.15) is 0 Å². The first kappa shape index (κ1) is 20.5. The number of rotatable bonds is 1. The summed E-state index contributed by atoms with van der Waals surface area (Å²) in [5.41, 5.74) is 3.49. The molecule has 0 aromatic heterocycles. The lowest BCUT2D eigenvalue weighted by atomic mass is 10.5. The van der Waals surface area contributed by atoms with Crippen LogP contribution in [0.25, 0.3) is 0 Å². The smallest absolute Gasteiger partial charge is 0.126 e. The van der Waals surface area contributed by atoms with E-state index in [0.717, 1.165) is 6.04 Å². The first-order valence-corrected chi connectivity index (χ1v) is 17.3. The Morgan fingerprint density at radius 2 is 1.33 bits per heavy atom. The zero-order valence-corrected chi connectivity index (χ0v) is 20.6. The van der Waals surface area contributed by atoms with Crippen LogP contribution in [0.1, 0.15) is 13.8 Å². The van der Waals surface area contributed by atoms with Crippen LogP contribution in [0.15, 0.2) is 28.1 Å². The molecule has 127 valence electrons. The van der Waals surface area contributed by atoms with Gasteiger partial charge < -0.3 is 0 Å². The zero-order valence-electron chi connectivity index (χ0n) is 15.3. The molecule has 0 amide bonds. The van der Waals surface area contributed by atoms with Crippen molar-refractivity contribution in [1.29, 1.82) is 0 Å². The van der Waals surface area contributed by atoms with Gasteiger partial charge in [-0.05, 0) is 13.8 Å². The maximum atomic E-state index is 3.49. The van der Waals surface area contributed by atoms with Crippen molar-refractivity contribution in [2.45, 2.75) is 52.6 Å². The number of thioether (sulfide) groups is 4. The molecule has 0 atom stereocenters. The van der Waals surface area contributed by atoms with Crippen molar-refractivity contribution in [1.82, 2.24) is 0 Å². The van der Waals surface area contributed by atoms with E-state index in [1.54, 1.807) is 0 Å². The van der Waals surface area contributed by atoms with Gasteiger partial charge in [0.2, 0.25) is 0 Å². The topological polar surface area (TPSA) is 0 Å². The molecule has 2 aliphatic rings. The van der Waals surface area contributed by atoms with E-state index in [1.165, 1.54) is 28.1 Å². The fourth-order valence-corrected chi connectivity index (χ4v) is 7.86. The van der Waals surface area contributed by atoms with Gasteiger partial charge in [0.25, 0.3) is 0 Å². The largest absolute Gasteiger partial charge is 0.129 e. The van der Waals surface area contributed by atoms with Crippen molar-refractivity contribution in [2.24, 2.45) is 0 Å². The van der Waals surface area contributed by atoms with Crippen LogP contribution in [-0.4, -0.2) is 16.9 Å². The summed E-state index contributed by atoms with van der Waals surface area (Å²) in [6.45, 7) is 15.9. The monoisotopic (exact) mass is 423 g/mol. The highest BCUT2D eigenvalue weighted by Crippen LogP contribution is 2.59. The maximum Gasteiger partial charge on any atom is 0.129 e. The molecule has 2 rings (SSSR count). The van der Waals surface area contributed by atoms with Gasteiger partial charge in [0, 0.05) is 15.9 Å². The van der Waals surface area contributed by atoms with Crippen molar-refractivity contribution in [3.8, 4) is 23.3 Å². The molecule has 0 aliphatic carbocycles. The van der Waals surface area contributed by atoms with Crippen LogP contribution in [0, 0.1) is 23.3 Å². The summed E-state index contributed by atoms with van der Waals surface area (Å²) in [7, 11) is -1.58. The Kier molecular flexibility index (Phi) is 7.43. The summed E-state index contributed by atoms with van der Waals surface area (Å²) < 4.78 is 2.77. The van der Waals surface area contributed by atoms with Gasteiger partial charge >= 0.3 is 0 Å². The van der Waals surface area contributed by atoms with E-state index in [0.29, 0.717) is 0 Å². The van der Waals surface area contributed by atoms with E-state index in [9.17, 15) is 0 Å². The minimum absolute atomic E-state index is 0.256. The lowest BCUT2D eigenvalue weighted by Gasteiger charge is -2.03. The summed E-state index contributed by atoms with van der Waals surface area (Å²) >= 11 is 7.45. The standard InChI is InChI=1S/C18H23S4Si2/c1-13-15(9-8-11-23(3)4)21-17(19-13)18-20-14(2)16(22-18)10-12-24(5,6)7/h11H2,1-7H3/b18-17+. The van der Waals surface area contributed by atoms with E-state index in [4.69, 9.17) is 0 Å². The van der Waals surface area contributed by atoms with Gasteiger partial charge in [-0.1, -0.05) is 91.6 Å². The summed E-state index contributed by atoms with van der Waals surface area (Å²) in [5, 5.41) is 0. The fourth-order valence-electron chi connectivity index (χ4n) is 1.68. The third-order valence-corrected chi connectivity index (χ3v) is 10.2. The molecule has 0 spiro atoms. The second kappa shape index (κ2) is 8.71. The molecule has 0 aromatic rings. The average molecular weight is 424 g/mol. The summed E-state index contributed by atoms with van der Waals surface area (Å²) in [6, 6.07) is 1.07. The van der Waals surface area contributed by atoms with Gasteiger partial charge in [-0.15, -0.1) is 11.5 Å². The Hall–Kier alpha value is 0.174. The van der Waals surface area contributed by atoms with Crippen molar-refractivity contribution in [2.75, 3.05) is 0 Å². The third kappa shape index (κ3) is 6.16. The van der Waals surface area contributed by atoms with E-state index < -0.39 is 8.07 Å². The van der Waals surface area contributed by atoms with Gasteiger partial charge in [0.15, 0.2) is 0 Å². The lowest BCUT2D eigenvalue weighted by molar-refractivity contribution is 1.66. The lowest BCUT2D eigenvalue weighted by Crippen LogP contribution is -2.16. The van der Waals surface area contributed by atoms with E-state index in [1.807, 2.05) is 47.0 Å².